The van der Waals surface area contributed by atoms with Crippen molar-refractivity contribution >= 4 is 39.2 Å². The molecule has 0 N–H and O–H groups in total. The van der Waals surface area contributed by atoms with Crippen molar-refractivity contribution in [3.8, 4) is 0 Å². The molecule has 2 heterocycles. The number of amides is 1. The number of nitrogens with zero attached hydrogens (tertiary/aromatic N) is 4. The third-order valence-corrected chi connectivity index (χ3v) is 9.61. The number of aromatic nitrogens is 1. The molecular formula is C19H32N4O3S3. The molecule has 3 rings (SSSR count). The zero-order valence-electron chi connectivity index (χ0n) is 17.4. The number of rotatable bonds is 8. The number of carbonyl (C=O) groups is 1. The van der Waals surface area contributed by atoms with Gasteiger partial charge in [0.25, 0.3) is 10.2 Å². The molecule has 1 aliphatic heterocycles. The maximum atomic E-state index is 12.9. The van der Waals surface area contributed by atoms with Crippen molar-refractivity contribution < 1.29 is 13.2 Å². The van der Waals surface area contributed by atoms with Gasteiger partial charge in [-0.3, -0.25) is 4.79 Å². The molecule has 0 unspecified atom stereocenters. The zero-order valence-corrected chi connectivity index (χ0v) is 19.8. The van der Waals surface area contributed by atoms with Gasteiger partial charge in [-0.15, -0.1) is 11.3 Å². The van der Waals surface area contributed by atoms with Crippen molar-refractivity contribution in [1.82, 2.24) is 18.5 Å². The third kappa shape index (κ3) is 6.16. The number of hydrogen-bond acceptors (Lipinski definition) is 6. The van der Waals surface area contributed by atoms with E-state index in [1.165, 1.54) is 6.42 Å². The highest BCUT2D eigenvalue weighted by molar-refractivity contribution is 7.98. The highest BCUT2D eigenvalue weighted by Gasteiger charge is 2.35. The Bertz CT molecular complexity index is 769. The number of aryl methyl sites for hydroxylation is 1. The van der Waals surface area contributed by atoms with Gasteiger partial charge in [0.2, 0.25) is 5.91 Å². The van der Waals surface area contributed by atoms with Gasteiger partial charge in [0.05, 0.1) is 10.7 Å². The molecule has 2 aliphatic rings. The van der Waals surface area contributed by atoms with E-state index >= 15 is 0 Å². The normalized spacial score (nSPS) is 19.8. The SMILES string of the molecule is Cc1nc(CSCCC(=O)N2CCN(S(=O)(=O)N(C)C3CCCCC3)CC2)cs1. The van der Waals surface area contributed by atoms with E-state index in [4.69, 9.17) is 0 Å². The molecule has 1 saturated carbocycles. The minimum atomic E-state index is -3.44. The molecule has 1 aromatic rings. The van der Waals surface area contributed by atoms with Crippen LogP contribution in [-0.2, 0) is 20.8 Å². The van der Waals surface area contributed by atoms with Crippen LogP contribution in [0.1, 0.15) is 49.2 Å². The molecule has 7 nitrogen and oxygen atoms in total. The molecule has 0 radical (unpaired) electrons. The Morgan fingerprint density at radius 1 is 1.24 bits per heavy atom. The molecule has 0 spiro atoms. The van der Waals surface area contributed by atoms with Crippen molar-refractivity contribution in [2.45, 2.75) is 57.2 Å². The number of carbonyl (C=O) groups excluding carboxylic acids is 1. The maximum Gasteiger partial charge on any atom is 0.282 e. The average molecular weight is 461 g/mol. The van der Waals surface area contributed by atoms with E-state index in [1.54, 1.807) is 43.7 Å². The number of thiazole rings is 1. The van der Waals surface area contributed by atoms with Crippen molar-refractivity contribution in [3.05, 3.63) is 16.1 Å². The molecule has 1 aromatic heterocycles. The molecular weight excluding hydrogens is 428 g/mol. The van der Waals surface area contributed by atoms with Crippen LogP contribution in [0.5, 0.6) is 0 Å². The first-order chi connectivity index (χ1) is 13.9. The molecule has 164 valence electrons. The lowest BCUT2D eigenvalue weighted by Crippen LogP contribution is -2.55. The van der Waals surface area contributed by atoms with E-state index in [0.29, 0.717) is 32.6 Å². The zero-order chi connectivity index (χ0) is 20.9. The van der Waals surface area contributed by atoms with Gasteiger partial charge in [-0.25, -0.2) is 4.98 Å². The van der Waals surface area contributed by atoms with Crippen LogP contribution in [0.3, 0.4) is 0 Å². The standard InChI is InChI=1S/C19H32N4O3S3/c1-16-20-17(15-28-16)14-27-13-8-19(24)22-9-11-23(12-10-22)29(25,26)21(2)18-6-4-3-5-7-18/h15,18H,3-14H2,1-2H3. The largest absolute Gasteiger partial charge is 0.340 e. The van der Waals surface area contributed by atoms with Crippen molar-refractivity contribution in [2.24, 2.45) is 0 Å². The minimum absolute atomic E-state index is 0.115. The second-order valence-electron chi connectivity index (χ2n) is 7.76. The highest BCUT2D eigenvalue weighted by atomic mass is 32.2. The van der Waals surface area contributed by atoms with Gasteiger partial charge in [-0.1, -0.05) is 19.3 Å². The van der Waals surface area contributed by atoms with Gasteiger partial charge < -0.3 is 4.90 Å². The van der Waals surface area contributed by atoms with Crippen LogP contribution in [0.15, 0.2) is 5.38 Å². The summed E-state index contributed by atoms with van der Waals surface area (Å²) in [6.07, 6.45) is 5.80. The Morgan fingerprint density at radius 3 is 2.55 bits per heavy atom. The fraction of sp³-hybridized carbons (Fsp3) is 0.789. The molecule has 0 bridgehead atoms. The molecule has 1 saturated heterocycles. The molecule has 2 fully saturated rings. The van der Waals surface area contributed by atoms with Gasteiger partial charge in [-0.05, 0) is 19.8 Å². The Balaban J connectivity index is 1.40. The lowest BCUT2D eigenvalue weighted by Gasteiger charge is -2.38. The summed E-state index contributed by atoms with van der Waals surface area (Å²) in [5, 5.41) is 3.13. The summed E-state index contributed by atoms with van der Waals surface area (Å²) in [5.74, 6) is 1.71. The van der Waals surface area contributed by atoms with E-state index in [0.717, 1.165) is 47.9 Å². The van der Waals surface area contributed by atoms with Gasteiger partial charge in [0.15, 0.2) is 0 Å². The summed E-state index contributed by atoms with van der Waals surface area (Å²) in [5.41, 5.74) is 1.07. The molecule has 10 heteroatoms. The Kier molecular flexibility index (Phi) is 8.38. The van der Waals surface area contributed by atoms with Gasteiger partial charge in [-0.2, -0.15) is 28.8 Å². The smallest absolute Gasteiger partial charge is 0.282 e. The van der Waals surface area contributed by atoms with E-state index in [2.05, 4.69) is 10.4 Å². The van der Waals surface area contributed by atoms with Crippen LogP contribution in [0, 0.1) is 6.92 Å². The lowest BCUT2D eigenvalue weighted by atomic mass is 9.96. The first kappa shape index (κ1) is 23.0. The van der Waals surface area contributed by atoms with E-state index < -0.39 is 10.2 Å². The Morgan fingerprint density at radius 2 is 1.93 bits per heavy atom. The van der Waals surface area contributed by atoms with Gasteiger partial charge in [0.1, 0.15) is 0 Å². The number of thioether (sulfide) groups is 1. The van der Waals surface area contributed by atoms with Crippen LogP contribution in [0.2, 0.25) is 0 Å². The Hall–Kier alpha value is -0.680. The van der Waals surface area contributed by atoms with E-state index in [9.17, 15) is 13.2 Å². The van der Waals surface area contributed by atoms with Gasteiger partial charge in [0, 0.05) is 62.6 Å². The molecule has 29 heavy (non-hydrogen) atoms. The fourth-order valence-corrected chi connectivity index (χ4v) is 7.07. The first-order valence-electron chi connectivity index (χ1n) is 10.4. The number of hydrogen-bond donors (Lipinski definition) is 0. The summed E-state index contributed by atoms with van der Waals surface area (Å²) >= 11 is 3.37. The summed E-state index contributed by atoms with van der Waals surface area (Å²) in [4.78, 5) is 18.7. The van der Waals surface area contributed by atoms with E-state index in [1.807, 2.05) is 6.92 Å². The van der Waals surface area contributed by atoms with Crippen molar-refractivity contribution in [1.29, 1.82) is 0 Å². The lowest BCUT2D eigenvalue weighted by molar-refractivity contribution is -0.131. The maximum absolute atomic E-state index is 12.9. The van der Waals surface area contributed by atoms with E-state index in [-0.39, 0.29) is 11.9 Å². The van der Waals surface area contributed by atoms with Crippen LogP contribution in [0.4, 0.5) is 0 Å². The third-order valence-electron chi connectivity index (χ3n) is 5.75. The summed E-state index contributed by atoms with van der Waals surface area (Å²) in [6, 6.07) is 0.118. The average Bonchev–Trinajstić information content (AvgIpc) is 3.16. The minimum Gasteiger partial charge on any atom is -0.340 e. The highest BCUT2D eigenvalue weighted by Crippen LogP contribution is 2.25. The number of piperazine rings is 1. The quantitative estimate of drug-likeness (QED) is 0.558. The second-order valence-corrected chi connectivity index (χ2v) is 11.9. The monoisotopic (exact) mass is 460 g/mol. The van der Waals surface area contributed by atoms with Crippen molar-refractivity contribution in [3.63, 3.8) is 0 Å². The predicted molar refractivity (Wildman–Crippen MR) is 119 cm³/mol. The van der Waals surface area contributed by atoms with Crippen LogP contribution in [-0.4, -0.2) is 77.8 Å². The van der Waals surface area contributed by atoms with Crippen molar-refractivity contribution in [2.75, 3.05) is 39.0 Å². The predicted octanol–water partition coefficient (Wildman–Crippen LogP) is 2.73. The summed E-state index contributed by atoms with van der Waals surface area (Å²) < 4.78 is 29.0. The molecule has 1 amide bonds. The second kappa shape index (κ2) is 10.6. The van der Waals surface area contributed by atoms with Crippen LogP contribution in [0.25, 0.3) is 0 Å². The van der Waals surface area contributed by atoms with Crippen LogP contribution >= 0.6 is 23.1 Å². The fourth-order valence-electron chi connectivity index (χ4n) is 3.95. The molecule has 1 aliphatic carbocycles. The Labute approximate surface area is 183 Å². The molecule has 0 atom stereocenters. The summed E-state index contributed by atoms with van der Waals surface area (Å²) in [7, 11) is -1.73. The first-order valence-corrected chi connectivity index (χ1v) is 13.8. The summed E-state index contributed by atoms with van der Waals surface area (Å²) in [6.45, 7) is 3.72. The topological polar surface area (TPSA) is 73.8 Å². The van der Waals surface area contributed by atoms with Crippen LogP contribution < -0.4 is 0 Å². The molecule has 0 aromatic carbocycles. The van der Waals surface area contributed by atoms with Gasteiger partial charge >= 0.3 is 0 Å².